The maximum Gasteiger partial charge on any atom is 0.0697 e. The predicted molar refractivity (Wildman–Crippen MR) is 118 cm³/mol. The zero-order valence-electron chi connectivity index (χ0n) is 16.9. The molecule has 2 nitrogen and oxygen atoms in total. The number of hydrazine groups is 1. The summed E-state index contributed by atoms with van der Waals surface area (Å²) >= 11 is 0. The summed E-state index contributed by atoms with van der Waals surface area (Å²) in [5.41, 5.74) is 6.59. The summed E-state index contributed by atoms with van der Waals surface area (Å²) in [5, 5.41) is 1.99. The standard InChI is InChI=1S/C26H30N2/c1-19-17-23(21-9-5-3-6-10-21)13-15-25(19)28(27)26-16-14-24(18-20(26)2)22-11-7-4-8-12-22/h3-11,14-15,17-18,22-23,26H,12-13,16,27H2,1-2H3. The molecule has 0 radical (unpaired) electrons. The van der Waals surface area contributed by atoms with Gasteiger partial charge in [-0.25, -0.2) is 5.84 Å². The van der Waals surface area contributed by atoms with Gasteiger partial charge < -0.3 is 5.01 Å². The van der Waals surface area contributed by atoms with Crippen LogP contribution in [0.5, 0.6) is 0 Å². The molecule has 1 aromatic carbocycles. The molecule has 3 aliphatic rings. The maximum absolute atomic E-state index is 6.64. The fourth-order valence-corrected chi connectivity index (χ4v) is 4.54. The van der Waals surface area contributed by atoms with Crippen LogP contribution in [0.25, 0.3) is 0 Å². The third-order valence-corrected chi connectivity index (χ3v) is 6.17. The first-order valence-electron chi connectivity index (χ1n) is 10.3. The number of nitrogens with two attached hydrogens (primary N) is 1. The van der Waals surface area contributed by atoms with E-state index in [1.54, 1.807) is 0 Å². The summed E-state index contributed by atoms with van der Waals surface area (Å²) in [6.45, 7) is 4.40. The molecule has 0 saturated heterocycles. The molecule has 0 amide bonds. The first kappa shape index (κ1) is 18.8. The number of hydrogen-bond donors (Lipinski definition) is 1. The van der Waals surface area contributed by atoms with Gasteiger partial charge in [-0.3, -0.25) is 0 Å². The lowest BCUT2D eigenvalue weighted by atomic mass is 9.84. The second-order valence-electron chi connectivity index (χ2n) is 8.10. The molecule has 0 aliphatic heterocycles. The third kappa shape index (κ3) is 3.83. The fourth-order valence-electron chi connectivity index (χ4n) is 4.54. The van der Waals surface area contributed by atoms with Gasteiger partial charge in [0.1, 0.15) is 0 Å². The van der Waals surface area contributed by atoms with Crippen LogP contribution >= 0.6 is 0 Å². The Kier molecular flexibility index (Phi) is 5.50. The maximum atomic E-state index is 6.64. The SMILES string of the molecule is CC1=CC(c2ccccc2)CC=C1N(N)C1CC=C(C2C=CC=CC2)C=C1C. The van der Waals surface area contributed by atoms with E-state index >= 15 is 0 Å². The topological polar surface area (TPSA) is 29.3 Å². The van der Waals surface area contributed by atoms with Crippen molar-refractivity contribution in [2.45, 2.75) is 45.1 Å². The number of nitrogens with zero attached hydrogens (tertiary/aromatic N) is 1. The van der Waals surface area contributed by atoms with Crippen LogP contribution < -0.4 is 5.84 Å². The Bertz CT molecular complexity index is 896. The second kappa shape index (κ2) is 8.20. The van der Waals surface area contributed by atoms with Gasteiger partial charge in [-0.15, -0.1) is 0 Å². The van der Waals surface area contributed by atoms with Gasteiger partial charge >= 0.3 is 0 Å². The van der Waals surface area contributed by atoms with Gasteiger partial charge in [-0.2, -0.15) is 0 Å². The Morgan fingerprint density at radius 1 is 0.929 bits per heavy atom. The zero-order chi connectivity index (χ0) is 19.5. The van der Waals surface area contributed by atoms with Crippen LogP contribution in [-0.4, -0.2) is 11.1 Å². The van der Waals surface area contributed by atoms with Crippen LogP contribution in [0.4, 0.5) is 0 Å². The highest BCUT2D eigenvalue weighted by atomic mass is 15.4. The summed E-state index contributed by atoms with van der Waals surface area (Å²) in [4.78, 5) is 0. The van der Waals surface area contributed by atoms with Gasteiger partial charge in [-0.05, 0) is 55.4 Å². The minimum Gasteiger partial charge on any atom is -0.304 e. The van der Waals surface area contributed by atoms with E-state index in [2.05, 4.69) is 92.8 Å². The molecule has 0 fully saturated rings. The molecular weight excluding hydrogens is 340 g/mol. The van der Waals surface area contributed by atoms with Crippen molar-refractivity contribution in [1.29, 1.82) is 0 Å². The minimum absolute atomic E-state index is 0.231. The van der Waals surface area contributed by atoms with Gasteiger partial charge in [0.05, 0.1) is 11.7 Å². The largest absolute Gasteiger partial charge is 0.304 e. The molecule has 3 aliphatic carbocycles. The van der Waals surface area contributed by atoms with Crippen molar-refractivity contribution in [3.05, 3.63) is 107 Å². The van der Waals surface area contributed by atoms with Gasteiger partial charge in [0.25, 0.3) is 0 Å². The lowest BCUT2D eigenvalue weighted by molar-refractivity contribution is 0.291. The number of allylic oxidation sites excluding steroid dienone is 9. The van der Waals surface area contributed by atoms with Crippen molar-refractivity contribution in [1.82, 2.24) is 5.01 Å². The van der Waals surface area contributed by atoms with Crippen LogP contribution in [0.15, 0.2) is 101 Å². The van der Waals surface area contributed by atoms with Gasteiger partial charge in [0, 0.05) is 11.8 Å². The van der Waals surface area contributed by atoms with Crippen LogP contribution in [-0.2, 0) is 0 Å². The van der Waals surface area contributed by atoms with Crippen molar-refractivity contribution in [2.75, 3.05) is 0 Å². The number of benzene rings is 1. The zero-order valence-corrected chi connectivity index (χ0v) is 16.9. The van der Waals surface area contributed by atoms with E-state index in [-0.39, 0.29) is 6.04 Å². The Labute approximate surface area is 169 Å². The molecule has 0 spiro atoms. The molecule has 3 unspecified atom stereocenters. The Morgan fingerprint density at radius 2 is 1.75 bits per heavy atom. The highest BCUT2D eigenvalue weighted by molar-refractivity contribution is 5.41. The van der Waals surface area contributed by atoms with Crippen molar-refractivity contribution in [2.24, 2.45) is 11.8 Å². The molecule has 0 saturated carbocycles. The molecule has 28 heavy (non-hydrogen) atoms. The Hall–Kier alpha value is -2.58. The van der Waals surface area contributed by atoms with E-state index in [0.717, 1.165) is 19.3 Å². The van der Waals surface area contributed by atoms with Crippen LogP contribution in [0.1, 0.15) is 44.6 Å². The van der Waals surface area contributed by atoms with Crippen LogP contribution in [0.2, 0.25) is 0 Å². The van der Waals surface area contributed by atoms with Crippen LogP contribution in [0.3, 0.4) is 0 Å². The molecule has 144 valence electrons. The lowest BCUT2D eigenvalue weighted by Gasteiger charge is -2.36. The van der Waals surface area contributed by atoms with Gasteiger partial charge in [0.15, 0.2) is 0 Å². The summed E-state index contributed by atoms with van der Waals surface area (Å²) in [7, 11) is 0. The predicted octanol–water partition coefficient (Wildman–Crippen LogP) is 5.96. The molecule has 0 heterocycles. The molecule has 0 aromatic heterocycles. The molecular formula is C26H30N2. The van der Waals surface area contributed by atoms with E-state index < -0.39 is 0 Å². The van der Waals surface area contributed by atoms with E-state index in [9.17, 15) is 0 Å². The Balaban J connectivity index is 1.46. The van der Waals surface area contributed by atoms with Crippen molar-refractivity contribution >= 4 is 0 Å². The highest BCUT2D eigenvalue weighted by Gasteiger charge is 2.26. The molecule has 2 heteroatoms. The fraction of sp³-hybridized carbons (Fsp3) is 0.308. The third-order valence-electron chi connectivity index (χ3n) is 6.17. The van der Waals surface area contributed by atoms with Gasteiger partial charge in [0.2, 0.25) is 0 Å². The normalized spacial score (nSPS) is 26.9. The minimum atomic E-state index is 0.231. The van der Waals surface area contributed by atoms with Crippen molar-refractivity contribution in [3.8, 4) is 0 Å². The second-order valence-corrected chi connectivity index (χ2v) is 8.10. The van der Waals surface area contributed by atoms with E-state index in [0.29, 0.717) is 11.8 Å². The Morgan fingerprint density at radius 3 is 2.43 bits per heavy atom. The first-order chi connectivity index (χ1) is 13.6. The van der Waals surface area contributed by atoms with E-state index in [1.807, 2.05) is 5.01 Å². The van der Waals surface area contributed by atoms with Crippen LogP contribution in [0, 0.1) is 5.92 Å². The summed E-state index contributed by atoms with van der Waals surface area (Å²) < 4.78 is 0. The van der Waals surface area contributed by atoms with Crippen molar-refractivity contribution < 1.29 is 0 Å². The summed E-state index contributed by atoms with van der Waals surface area (Å²) in [5.74, 6) is 7.59. The van der Waals surface area contributed by atoms with Crippen molar-refractivity contribution in [3.63, 3.8) is 0 Å². The number of rotatable bonds is 4. The summed E-state index contributed by atoms with van der Waals surface area (Å²) in [6.07, 6.45) is 21.3. The summed E-state index contributed by atoms with van der Waals surface area (Å²) in [6, 6.07) is 11.0. The van der Waals surface area contributed by atoms with E-state index in [1.165, 1.54) is 28.0 Å². The lowest BCUT2D eigenvalue weighted by Crippen LogP contribution is -2.42. The molecule has 4 rings (SSSR count). The molecule has 0 bridgehead atoms. The quantitative estimate of drug-likeness (QED) is 0.523. The molecule has 2 N–H and O–H groups in total. The average molecular weight is 371 g/mol. The monoisotopic (exact) mass is 370 g/mol. The van der Waals surface area contributed by atoms with E-state index in [4.69, 9.17) is 5.84 Å². The number of hydrogen-bond acceptors (Lipinski definition) is 2. The average Bonchev–Trinajstić information content (AvgIpc) is 2.74. The smallest absolute Gasteiger partial charge is 0.0697 e. The highest BCUT2D eigenvalue weighted by Crippen LogP contribution is 2.35. The molecule has 1 aromatic rings. The molecule has 3 atom stereocenters. The first-order valence-corrected chi connectivity index (χ1v) is 10.3. The van der Waals surface area contributed by atoms with Gasteiger partial charge in [-0.1, -0.05) is 78.9 Å².